The van der Waals surface area contributed by atoms with Crippen molar-refractivity contribution in [2.24, 2.45) is 0 Å². The van der Waals surface area contributed by atoms with Crippen molar-refractivity contribution in [3.63, 3.8) is 0 Å². The van der Waals surface area contributed by atoms with Crippen molar-refractivity contribution in [2.45, 2.75) is 0 Å². The number of hydrogen-bond donors (Lipinski definition) is 0. The average Bonchev–Trinajstić information content (AvgIpc) is 2.60. The van der Waals surface area contributed by atoms with Crippen LogP contribution < -0.4 is 14.2 Å². The van der Waals surface area contributed by atoms with Crippen LogP contribution in [0.4, 0.5) is 0 Å². The van der Waals surface area contributed by atoms with E-state index in [-0.39, 0.29) is 0 Å². The summed E-state index contributed by atoms with van der Waals surface area (Å²) in [5.41, 5.74) is 2.96. The molecule has 112 valence electrons. The maximum atomic E-state index is 5.33. The Morgan fingerprint density at radius 1 is 0.818 bits per heavy atom. The number of rotatable bonds is 4. The topological polar surface area (TPSA) is 66.4 Å². The van der Waals surface area contributed by atoms with Crippen LogP contribution in [0.25, 0.3) is 22.3 Å². The van der Waals surface area contributed by atoms with Crippen LogP contribution in [0.15, 0.2) is 36.7 Å². The molecule has 6 heteroatoms. The van der Waals surface area contributed by atoms with E-state index in [9.17, 15) is 0 Å². The second-order valence-electron chi connectivity index (χ2n) is 4.51. The molecule has 3 aromatic rings. The van der Waals surface area contributed by atoms with Gasteiger partial charge in [0.1, 0.15) is 0 Å². The summed E-state index contributed by atoms with van der Waals surface area (Å²) in [4.78, 5) is 13.1. The Kier molecular flexibility index (Phi) is 3.74. The van der Waals surface area contributed by atoms with Gasteiger partial charge in [-0.25, -0.2) is 9.97 Å². The Hall–Kier alpha value is -2.89. The van der Waals surface area contributed by atoms with Crippen molar-refractivity contribution >= 4 is 11.0 Å². The summed E-state index contributed by atoms with van der Waals surface area (Å²) in [5.74, 6) is 1.74. The number of hydrogen-bond acceptors (Lipinski definition) is 6. The lowest BCUT2D eigenvalue weighted by Crippen LogP contribution is -1.96. The Morgan fingerprint density at radius 3 is 2.32 bits per heavy atom. The normalized spacial score (nSPS) is 10.5. The van der Waals surface area contributed by atoms with Gasteiger partial charge in [-0.2, -0.15) is 0 Å². The first-order chi connectivity index (χ1) is 10.8. The van der Waals surface area contributed by atoms with Gasteiger partial charge < -0.3 is 14.2 Å². The van der Waals surface area contributed by atoms with Crippen molar-refractivity contribution in [2.75, 3.05) is 21.3 Å². The fourth-order valence-corrected chi connectivity index (χ4v) is 2.23. The van der Waals surface area contributed by atoms with Crippen molar-refractivity contribution in [1.29, 1.82) is 0 Å². The molecule has 0 unspecified atom stereocenters. The van der Waals surface area contributed by atoms with Gasteiger partial charge in [0, 0.05) is 18.0 Å². The number of ether oxygens (including phenoxy) is 3. The molecule has 3 rings (SSSR count). The summed E-state index contributed by atoms with van der Waals surface area (Å²) in [6, 6.07) is 7.48. The highest BCUT2D eigenvalue weighted by molar-refractivity contribution is 5.83. The van der Waals surface area contributed by atoms with Crippen molar-refractivity contribution < 1.29 is 14.2 Å². The molecule has 0 aliphatic carbocycles. The summed E-state index contributed by atoms with van der Waals surface area (Å²) in [6.45, 7) is 0. The second-order valence-corrected chi connectivity index (χ2v) is 4.51. The van der Waals surface area contributed by atoms with Crippen molar-refractivity contribution in [3.05, 3.63) is 36.7 Å². The van der Waals surface area contributed by atoms with Gasteiger partial charge in [-0.1, -0.05) is 0 Å². The predicted molar refractivity (Wildman–Crippen MR) is 82.4 cm³/mol. The summed E-state index contributed by atoms with van der Waals surface area (Å²) in [7, 11) is 4.76. The Balaban J connectivity index is 2.17. The number of pyridine rings is 1. The molecule has 0 amide bonds. The molecule has 2 heterocycles. The molecule has 0 saturated carbocycles. The first-order valence-electron chi connectivity index (χ1n) is 6.65. The first-order valence-corrected chi connectivity index (χ1v) is 6.65. The Labute approximate surface area is 127 Å². The molecule has 0 radical (unpaired) electrons. The maximum Gasteiger partial charge on any atom is 0.242 e. The van der Waals surface area contributed by atoms with Crippen LogP contribution in [0.1, 0.15) is 0 Å². The molecular formula is C16H15N3O3. The van der Waals surface area contributed by atoms with Crippen LogP contribution in [0.2, 0.25) is 0 Å². The zero-order valence-corrected chi connectivity index (χ0v) is 12.5. The van der Waals surface area contributed by atoms with Gasteiger partial charge in [-0.05, 0) is 24.3 Å². The lowest BCUT2D eigenvalue weighted by atomic mass is 10.1. The fraction of sp³-hybridized carbons (Fsp3) is 0.188. The lowest BCUT2D eigenvalue weighted by Gasteiger charge is -2.10. The van der Waals surface area contributed by atoms with E-state index in [0.717, 1.165) is 16.8 Å². The molecule has 0 bridgehead atoms. The third-order valence-electron chi connectivity index (χ3n) is 3.30. The number of aromatic nitrogens is 3. The van der Waals surface area contributed by atoms with E-state index in [1.807, 2.05) is 24.3 Å². The minimum Gasteiger partial charge on any atom is -0.493 e. The summed E-state index contributed by atoms with van der Waals surface area (Å²) in [6.07, 6.45) is 3.25. The highest BCUT2D eigenvalue weighted by Crippen LogP contribution is 2.33. The molecule has 2 aromatic heterocycles. The zero-order valence-electron chi connectivity index (χ0n) is 12.5. The third kappa shape index (κ3) is 2.39. The number of fused-ring (bicyclic) bond motifs is 1. The molecule has 0 N–H and O–H groups in total. The summed E-state index contributed by atoms with van der Waals surface area (Å²) < 4.78 is 15.9. The second kappa shape index (κ2) is 5.85. The van der Waals surface area contributed by atoms with Crippen LogP contribution in [0.5, 0.6) is 17.4 Å². The SMILES string of the molecule is COc1ccc(-c2cc3nccnc3c(OC)n2)cc1OC. The van der Waals surface area contributed by atoms with Crippen LogP contribution >= 0.6 is 0 Å². The van der Waals surface area contributed by atoms with Crippen molar-refractivity contribution in [3.8, 4) is 28.6 Å². The van der Waals surface area contributed by atoms with E-state index in [1.165, 1.54) is 0 Å². The maximum absolute atomic E-state index is 5.33. The Bertz CT molecular complexity index is 821. The largest absolute Gasteiger partial charge is 0.493 e. The number of benzene rings is 1. The highest BCUT2D eigenvalue weighted by Gasteiger charge is 2.12. The van der Waals surface area contributed by atoms with Crippen LogP contribution in [-0.4, -0.2) is 36.3 Å². The monoisotopic (exact) mass is 297 g/mol. The lowest BCUT2D eigenvalue weighted by molar-refractivity contribution is 0.355. The molecule has 0 aliphatic rings. The molecule has 0 spiro atoms. The molecular weight excluding hydrogens is 282 g/mol. The van der Waals surface area contributed by atoms with Crippen LogP contribution in [-0.2, 0) is 0 Å². The van der Waals surface area contributed by atoms with Gasteiger partial charge >= 0.3 is 0 Å². The van der Waals surface area contributed by atoms with Gasteiger partial charge in [0.25, 0.3) is 0 Å². The number of methoxy groups -OCH3 is 3. The van der Waals surface area contributed by atoms with E-state index in [2.05, 4.69) is 15.0 Å². The number of nitrogens with zero attached hydrogens (tertiary/aromatic N) is 3. The van der Waals surface area contributed by atoms with Gasteiger partial charge in [0.05, 0.1) is 32.5 Å². The minimum absolute atomic E-state index is 0.440. The van der Waals surface area contributed by atoms with Gasteiger partial charge in [-0.15, -0.1) is 0 Å². The molecule has 1 aromatic carbocycles. The smallest absolute Gasteiger partial charge is 0.242 e. The molecule has 0 saturated heterocycles. The van der Waals surface area contributed by atoms with Gasteiger partial charge in [0.15, 0.2) is 17.0 Å². The predicted octanol–water partition coefficient (Wildman–Crippen LogP) is 2.72. The van der Waals surface area contributed by atoms with Gasteiger partial charge in [0.2, 0.25) is 5.88 Å². The van der Waals surface area contributed by atoms with E-state index >= 15 is 0 Å². The summed E-state index contributed by atoms with van der Waals surface area (Å²) >= 11 is 0. The van der Waals surface area contributed by atoms with Crippen molar-refractivity contribution in [1.82, 2.24) is 15.0 Å². The van der Waals surface area contributed by atoms with E-state index < -0.39 is 0 Å². The molecule has 0 aliphatic heterocycles. The molecule has 0 fully saturated rings. The third-order valence-corrected chi connectivity index (χ3v) is 3.30. The Morgan fingerprint density at radius 2 is 1.59 bits per heavy atom. The molecule has 0 atom stereocenters. The molecule has 22 heavy (non-hydrogen) atoms. The quantitative estimate of drug-likeness (QED) is 0.737. The standard InChI is InChI=1S/C16H15N3O3/c1-20-13-5-4-10(8-14(13)21-2)11-9-12-15(16(19-11)22-3)18-7-6-17-12/h4-9H,1-3H3. The van der Waals surface area contributed by atoms with E-state index in [0.29, 0.717) is 22.9 Å². The average molecular weight is 297 g/mol. The first kappa shape index (κ1) is 14.1. The van der Waals surface area contributed by atoms with Crippen LogP contribution in [0.3, 0.4) is 0 Å². The van der Waals surface area contributed by atoms with E-state index in [4.69, 9.17) is 14.2 Å². The highest BCUT2D eigenvalue weighted by atomic mass is 16.5. The fourth-order valence-electron chi connectivity index (χ4n) is 2.23. The minimum atomic E-state index is 0.440. The van der Waals surface area contributed by atoms with E-state index in [1.54, 1.807) is 33.7 Å². The zero-order chi connectivity index (χ0) is 15.5. The summed E-state index contributed by atoms with van der Waals surface area (Å²) in [5, 5.41) is 0. The molecule has 6 nitrogen and oxygen atoms in total. The van der Waals surface area contributed by atoms with Gasteiger partial charge in [-0.3, -0.25) is 4.98 Å². The van der Waals surface area contributed by atoms with Crippen LogP contribution in [0, 0.1) is 0 Å².